The van der Waals surface area contributed by atoms with E-state index in [2.05, 4.69) is 5.32 Å². The van der Waals surface area contributed by atoms with Crippen molar-refractivity contribution in [1.29, 1.82) is 0 Å². The summed E-state index contributed by atoms with van der Waals surface area (Å²) >= 11 is 1.35. The van der Waals surface area contributed by atoms with Crippen LogP contribution >= 0.6 is 11.8 Å². The normalized spacial score (nSPS) is 27.3. The number of hydrogen-bond donors (Lipinski definition) is 2. The van der Waals surface area contributed by atoms with Crippen molar-refractivity contribution in [2.24, 2.45) is 0 Å². The van der Waals surface area contributed by atoms with Crippen molar-refractivity contribution in [2.45, 2.75) is 48.9 Å². The number of amides is 2. The van der Waals surface area contributed by atoms with E-state index in [9.17, 15) is 24.3 Å². The third-order valence-corrected chi connectivity index (χ3v) is 6.35. The minimum Gasteiger partial charge on any atom is -0.480 e. The molecule has 0 radical (unpaired) electrons. The highest BCUT2D eigenvalue weighted by Crippen LogP contribution is 2.50. The molecule has 2 aliphatic heterocycles. The van der Waals surface area contributed by atoms with E-state index in [4.69, 9.17) is 0 Å². The first-order valence-electron chi connectivity index (χ1n) is 8.23. The van der Waals surface area contributed by atoms with Gasteiger partial charge in [0.25, 0.3) is 0 Å². The van der Waals surface area contributed by atoms with Gasteiger partial charge in [0.15, 0.2) is 0 Å². The first-order valence-corrected chi connectivity index (χ1v) is 9.11. The molecule has 2 saturated heterocycles. The molecule has 3 rings (SSSR count). The Labute approximate surface area is 155 Å². The second-order valence-corrected chi connectivity index (χ2v) is 8.81. The van der Waals surface area contributed by atoms with Crippen LogP contribution in [0.2, 0.25) is 0 Å². The number of nitrogens with one attached hydrogen (secondary N) is 1. The van der Waals surface area contributed by atoms with Gasteiger partial charge in [-0.2, -0.15) is 0 Å². The van der Waals surface area contributed by atoms with Gasteiger partial charge in [-0.05, 0) is 26.3 Å². The van der Waals surface area contributed by atoms with Crippen LogP contribution in [-0.4, -0.2) is 55.8 Å². The number of fused-ring (bicyclic) bond motifs is 1. The van der Waals surface area contributed by atoms with Gasteiger partial charge < -0.3 is 15.3 Å². The summed E-state index contributed by atoms with van der Waals surface area (Å²) in [6.07, 6.45) is 0. The number of β-lactam (4-membered cyclic amide) rings is 1. The van der Waals surface area contributed by atoms with Crippen molar-refractivity contribution in [1.82, 2.24) is 10.2 Å². The van der Waals surface area contributed by atoms with Crippen molar-refractivity contribution >= 4 is 35.3 Å². The number of carboxylic acids is 1. The molecule has 2 fully saturated rings. The molecule has 0 unspecified atom stereocenters. The van der Waals surface area contributed by atoms with Crippen LogP contribution in [0.15, 0.2) is 30.3 Å². The van der Waals surface area contributed by atoms with Crippen molar-refractivity contribution < 1.29 is 24.3 Å². The Morgan fingerprint density at radius 3 is 2.38 bits per heavy atom. The molecule has 2 amide bonds. The maximum Gasteiger partial charge on any atom is 0.327 e. The zero-order valence-corrected chi connectivity index (χ0v) is 15.4. The molecule has 138 valence electrons. The Morgan fingerprint density at radius 1 is 1.23 bits per heavy atom. The summed E-state index contributed by atoms with van der Waals surface area (Å²) in [6.45, 7) is 4.87. The van der Waals surface area contributed by atoms with Gasteiger partial charge in [-0.25, -0.2) is 4.79 Å². The Balaban J connectivity index is 1.78. The minimum atomic E-state index is -1.06. The average molecular weight is 376 g/mol. The highest BCUT2D eigenvalue weighted by molar-refractivity contribution is 8.01. The van der Waals surface area contributed by atoms with Crippen LogP contribution in [0.1, 0.15) is 32.3 Å². The molecule has 0 aromatic heterocycles. The first kappa shape index (κ1) is 18.4. The summed E-state index contributed by atoms with van der Waals surface area (Å²) in [5, 5.41) is 11.6. The number of Topliss-reactive ketones (excluding diaryl/α,β-unsaturated/α-hetero) is 1. The molecule has 1 aromatic carbocycles. The average Bonchev–Trinajstić information content (AvgIpc) is 2.82. The number of carboxylic acid groups (broad SMARTS) is 1. The number of benzene rings is 1. The molecular formula is C18H20N2O5S. The van der Waals surface area contributed by atoms with Crippen LogP contribution in [-0.2, 0) is 19.2 Å². The Bertz CT molecular complexity index is 779. The number of hydrogen-bond acceptors (Lipinski definition) is 5. The lowest BCUT2D eigenvalue weighted by Crippen LogP contribution is -2.71. The quantitative estimate of drug-likeness (QED) is 0.587. The third-order valence-electron chi connectivity index (χ3n) is 4.77. The molecule has 26 heavy (non-hydrogen) atoms. The van der Waals surface area contributed by atoms with Crippen molar-refractivity contribution in [2.75, 3.05) is 0 Å². The maximum atomic E-state index is 12.7. The zero-order chi connectivity index (χ0) is 19.2. The SMILES string of the molecule is CC(=O)[C@H](C(=O)N[C@H]1C(=O)N2[C@@H](C(=O)O)C(C)(C)S[C@@H]12)c1ccccc1. The molecule has 1 aromatic rings. The Kier molecular flexibility index (Phi) is 4.56. The maximum absolute atomic E-state index is 12.7. The second-order valence-electron chi connectivity index (χ2n) is 7.04. The second kappa shape index (κ2) is 6.42. The van der Waals surface area contributed by atoms with Gasteiger partial charge in [-0.15, -0.1) is 11.8 Å². The Hall–Kier alpha value is -2.35. The topological polar surface area (TPSA) is 104 Å². The van der Waals surface area contributed by atoms with Crippen molar-refractivity contribution in [3.63, 3.8) is 0 Å². The molecule has 7 nitrogen and oxygen atoms in total. The van der Waals surface area contributed by atoms with Gasteiger partial charge in [-0.3, -0.25) is 14.4 Å². The molecule has 4 atom stereocenters. The van der Waals surface area contributed by atoms with E-state index < -0.39 is 45.9 Å². The van der Waals surface area contributed by atoms with Gasteiger partial charge in [0.05, 0.1) is 0 Å². The minimum absolute atomic E-state index is 0.319. The van der Waals surface area contributed by atoms with Gasteiger partial charge in [-0.1, -0.05) is 30.3 Å². The fraction of sp³-hybridized carbons (Fsp3) is 0.444. The lowest BCUT2D eigenvalue weighted by molar-refractivity contribution is -0.161. The van der Waals surface area contributed by atoms with E-state index in [0.29, 0.717) is 5.56 Å². The van der Waals surface area contributed by atoms with Gasteiger partial charge >= 0.3 is 5.97 Å². The van der Waals surface area contributed by atoms with Gasteiger partial charge in [0.1, 0.15) is 29.2 Å². The number of carbonyl (C=O) groups is 4. The summed E-state index contributed by atoms with van der Waals surface area (Å²) in [6, 6.07) is 6.89. The van der Waals surface area contributed by atoms with E-state index in [1.165, 1.54) is 23.6 Å². The highest BCUT2D eigenvalue weighted by atomic mass is 32.2. The van der Waals surface area contributed by atoms with Crippen LogP contribution in [0.5, 0.6) is 0 Å². The smallest absolute Gasteiger partial charge is 0.327 e. The first-order chi connectivity index (χ1) is 12.1. The standard InChI is InChI=1S/C18H20N2O5S/c1-9(21)11(10-7-5-4-6-8-10)14(22)19-12-15(23)20-13(17(24)25)18(2,3)26-16(12)20/h4-8,11-13,16H,1-3H3,(H,19,22)(H,24,25)/t11-,12-,13-,16-/m0/s1. The third kappa shape index (κ3) is 2.88. The van der Waals surface area contributed by atoms with Crippen LogP contribution in [0, 0.1) is 0 Å². The lowest BCUT2D eigenvalue weighted by Gasteiger charge is -2.43. The number of carbonyl (C=O) groups excluding carboxylic acids is 3. The van der Waals surface area contributed by atoms with Crippen LogP contribution < -0.4 is 5.32 Å². The van der Waals surface area contributed by atoms with E-state index in [1.54, 1.807) is 44.2 Å². The summed E-state index contributed by atoms with van der Waals surface area (Å²) in [4.78, 5) is 50.0. The van der Waals surface area contributed by atoms with Crippen LogP contribution in [0.25, 0.3) is 0 Å². The van der Waals surface area contributed by atoms with E-state index in [0.717, 1.165) is 0 Å². The molecule has 2 heterocycles. The molecular weight excluding hydrogens is 356 g/mol. The summed E-state index contributed by atoms with van der Waals surface area (Å²) in [5.74, 6) is -3.34. The Morgan fingerprint density at radius 2 is 1.85 bits per heavy atom. The lowest BCUT2D eigenvalue weighted by atomic mass is 9.92. The largest absolute Gasteiger partial charge is 0.480 e. The molecule has 2 aliphatic rings. The number of nitrogens with zero attached hydrogens (tertiary/aromatic N) is 1. The van der Waals surface area contributed by atoms with Crippen molar-refractivity contribution in [3.05, 3.63) is 35.9 Å². The monoisotopic (exact) mass is 376 g/mol. The summed E-state index contributed by atoms with van der Waals surface area (Å²) in [5.41, 5.74) is 0.559. The van der Waals surface area contributed by atoms with Gasteiger partial charge in [0.2, 0.25) is 11.8 Å². The molecule has 0 saturated carbocycles. The zero-order valence-electron chi connectivity index (χ0n) is 14.6. The van der Waals surface area contributed by atoms with Crippen LogP contribution in [0.3, 0.4) is 0 Å². The van der Waals surface area contributed by atoms with E-state index in [-0.39, 0.29) is 5.78 Å². The fourth-order valence-electron chi connectivity index (χ4n) is 3.60. The summed E-state index contributed by atoms with van der Waals surface area (Å²) in [7, 11) is 0. The molecule has 0 spiro atoms. The predicted molar refractivity (Wildman–Crippen MR) is 95.5 cm³/mol. The highest BCUT2D eigenvalue weighted by Gasteiger charge is 2.64. The van der Waals surface area contributed by atoms with Crippen LogP contribution in [0.4, 0.5) is 0 Å². The summed E-state index contributed by atoms with van der Waals surface area (Å²) < 4.78 is -0.662. The molecule has 8 heteroatoms. The van der Waals surface area contributed by atoms with E-state index >= 15 is 0 Å². The number of thioether (sulfide) groups is 1. The number of aliphatic carboxylic acids is 1. The van der Waals surface area contributed by atoms with Crippen molar-refractivity contribution in [3.8, 4) is 0 Å². The molecule has 2 N–H and O–H groups in total. The van der Waals surface area contributed by atoms with E-state index in [1.807, 2.05) is 0 Å². The number of rotatable bonds is 5. The van der Waals surface area contributed by atoms with Gasteiger partial charge in [0, 0.05) is 4.75 Å². The fourth-order valence-corrected chi connectivity index (χ4v) is 5.22. The molecule has 0 bridgehead atoms. The number of ketones is 1. The predicted octanol–water partition coefficient (Wildman–Crippen LogP) is 0.991. The molecule has 0 aliphatic carbocycles.